The maximum absolute atomic E-state index is 11.2. The van der Waals surface area contributed by atoms with Gasteiger partial charge >= 0.3 is 5.97 Å². The molecule has 2 N–H and O–H groups in total. The van der Waals surface area contributed by atoms with Gasteiger partial charge in [0.25, 0.3) is 0 Å². The lowest BCUT2D eigenvalue weighted by molar-refractivity contribution is 0.0696. The first-order valence-electron chi connectivity index (χ1n) is 7.06. The van der Waals surface area contributed by atoms with Crippen LogP contribution in [0.15, 0.2) is 36.4 Å². The summed E-state index contributed by atoms with van der Waals surface area (Å²) < 4.78 is 0. The molecule has 0 spiro atoms. The van der Waals surface area contributed by atoms with Crippen LogP contribution < -0.4 is 5.32 Å². The number of carbonyl (C=O) groups is 1. The van der Waals surface area contributed by atoms with Gasteiger partial charge in [-0.05, 0) is 56.5 Å². The van der Waals surface area contributed by atoms with Crippen molar-refractivity contribution in [2.75, 3.05) is 5.32 Å². The molecule has 3 nitrogen and oxygen atoms in total. The lowest BCUT2D eigenvalue weighted by Gasteiger charge is -2.20. The molecule has 0 saturated carbocycles. The molecule has 0 aliphatic carbocycles. The molecule has 1 atom stereocenters. The van der Waals surface area contributed by atoms with Crippen molar-refractivity contribution in [3.8, 4) is 0 Å². The molecule has 21 heavy (non-hydrogen) atoms. The van der Waals surface area contributed by atoms with Gasteiger partial charge in [-0.25, -0.2) is 4.79 Å². The Bertz CT molecular complexity index is 677. The van der Waals surface area contributed by atoms with Crippen LogP contribution in [0.2, 0.25) is 0 Å². The number of aromatic carboxylic acids is 1. The van der Waals surface area contributed by atoms with Crippen molar-refractivity contribution in [3.05, 3.63) is 64.2 Å². The summed E-state index contributed by atoms with van der Waals surface area (Å²) in [7, 11) is 0. The van der Waals surface area contributed by atoms with Crippen molar-refractivity contribution in [1.29, 1.82) is 0 Å². The quantitative estimate of drug-likeness (QED) is 0.869. The molecule has 0 bridgehead atoms. The zero-order chi connectivity index (χ0) is 15.6. The van der Waals surface area contributed by atoms with Crippen LogP contribution >= 0.6 is 0 Å². The number of hydrogen-bond acceptors (Lipinski definition) is 2. The fraction of sp³-hybridized carbons (Fsp3) is 0.278. The lowest BCUT2D eigenvalue weighted by atomic mass is 9.99. The average molecular weight is 283 g/mol. The van der Waals surface area contributed by atoms with E-state index in [0.29, 0.717) is 5.56 Å². The molecule has 0 heterocycles. The zero-order valence-electron chi connectivity index (χ0n) is 12.9. The van der Waals surface area contributed by atoms with E-state index in [0.717, 1.165) is 11.3 Å². The molecule has 2 rings (SSSR count). The standard InChI is InChI=1S/C18H21NO2/c1-11-8-9-15(12(2)10-11)14(4)19-17-7-5-6-16(13(17)3)18(20)21/h5-10,14,19H,1-4H3,(H,20,21). The molecule has 0 aromatic heterocycles. The topological polar surface area (TPSA) is 49.3 Å². The molecule has 2 aromatic rings. The van der Waals surface area contributed by atoms with Gasteiger partial charge in [0.15, 0.2) is 0 Å². The van der Waals surface area contributed by atoms with E-state index in [1.165, 1.54) is 16.7 Å². The molecular weight excluding hydrogens is 262 g/mol. The van der Waals surface area contributed by atoms with Crippen molar-refractivity contribution < 1.29 is 9.90 Å². The number of carboxylic acid groups (broad SMARTS) is 1. The van der Waals surface area contributed by atoms with Gasteiger partial charge in [-0.3, -0.25) is 0 Å². The van der Waals surface area contributed by atoms with Crippen LogP contribution in [0.4, 0.5) is 5.69 Å². The maximum Gasteiger partial charge on any atom is 0.336 e. The van der Waals surface area contributed by atoms with Crippen LogP contribution in [0, 0.1) is 20.8 Å². The van der Waals surface area contributed by atoms with Gasteiger partial charge in [-0.15, -0.1) is 0 Å². The highest BCUT2D eigenvalue weighted by Crippen LogP contribution is 2.26. The van der Waals surface area contributed by atoms with E-state index in [1.54, 1.807) is 12.1 Å². The number of nitrogens with one attached hydrogen (secondary N) is 1. The molecule has 2 aromatic carbocycles. The van der Waals surface area contributed by atoms with Crippen molar-refractivity contribution in [2.45, 2.75) is 33.7 Å². The van der Waals surface area contributed by atoms with E-state index < -0.39 is 5.97 Å². The first kappa shape index (κ1) is 15.1. The monoisotopic (exact) mass is 283 g/mol. The Hall–Kier alpha value is -2.29. The molecular formula is C18H21NO2. The number of anilines is 1. The summed E-state index contributed by atoms with van der Waals surface area (Å²) in [5, 5.41) is 12.6. The highest BCUT2D eigenvalue weighted by Gasteiger charge is 2.13. The first-order valence-corrected chi connectivity index (χ1v) is 7.06. The third kappa shape index (κ3) is 3.24. The van der Waals surface area contributed by atoms with Crippen LogP contribution in [0.5, 0.6) is 0 Å². The van der Waals surface area contributed by atoms with Gasteiger partial charge in [-0.1, -0.05) is 29.8 Å². The van der Waals surface area contributed by atoms with E-state index in [9.17, 15) is 9.90 Å². The van der Waals surface area contributed by atoms with Gasteiger partial charge in [0, 0.05) is 11.7 Å². The van der Waals surface area contributed by atoms with Gasteiger partial charge in [0.2, 0.25) is 0 Å². The Labute approximate surface area is 125 Å². The third-order valence-corrected chi connectivity index (χ3v) is 3.83. The second-order valence-corrected chi connectivity index (χ2v) is 5.51. The van der Waals surface area contributed by atoms with E-state index >= 15 is 0 Å². The van der Waals surface area contributed by atoms with Gasteiger partial charge in [0.1, 0.15) is 0 Å². The smallest absolute Gasteiger partial charge is 0.336 e. The lowest BCUT2D eigenvalue weighted by Crippen LogP contribution is -2.11. The van der Waals surface area contributed by atoms with E-state index in [-0.39, 0.29) is 6.04 Å². The van der Waals surface area contributed by atoms with Crippen molar-refractivity contribution in [1.82, 2.24) is 0 Å². The van der Waals surface area contributed by atoms with Crippen LogP contribution in [0.3, 0.4) is 0 Å². The minimum Gasteiger partial charge on any atom is -0.478 e. The van der Waals surface area contributed by atoms with E-state index in [4.69, 9.17) is 0 Å². The summed E-state index contributed by atoms with van der Waals surface area (Å²) in [6, 6.07) is 11.8. The number of hydrogen-bond donors (Lipinski definition) is 2. The molecule has 3 heteroatoms. The van der Waals surface area contributed by atoms with E-state index in [2.05, 4.69) is 44.3 Å². The van der Waals surface area contributed by atoms with Gasteiger partial charge in [-0.2, -0.15) is 0 Å². The summed E-state index contributed by atoms with van der Waals surface area (Å²) in [4.78, 5) is 11.2. The molecule has 1 unspecified atom stereocenters. The predicted molar refractivity (Wildman–Crippen MR) is 86.1 cm³/mol. The van der Waals surface area contributed by atoms with Crippen LogP contribution in [-0.4, -0.2) is 11.1 Å². The van der Waals surface area contributed by atoms with Gasteiger partial charge < -0.3 is 10.4 Å². The zero-order valence-corrected chi connectivity index (χ0v) is 12.9. The van der Waals surface area contributed by atoms with Crippen LogP contribution in [0.1, 0.15) is 45.6 Å². The maximum atomic E-state index is 11.2. The molecule has 0 amide bonds. The summed E-state index contributed by atoms with van der Waals surface area (Å²) >= 11 is 0. The highest BCUT2D eigenvalue weighted by molar-refractivity contribution is 5.91. The normalized spacial score (nSPS) is 12.0. The molecule has 110 valence electrons. The SMILES string of the molecule is Cc1ccc(C(C)Nc2cccc(C(=O)O)c2C)c(C)c1. The summed E-state index contributed by atoms with van der Waals surface area (Å²) in [6.07, 6.45) is 0. The molecule has 0 aliphatic rings. The minimum absolute atomic E-state index is 0.119. The summed E-state index contributed by atoms with van der Waals surface area (Å²) in [6.45, 7) is 8.10. The van der Waals surface area contributed by atoms with Gasteiger partial charge in [0.05, 0.1) is 5.56 Å². The molecule has 0 saturated heterocycles. The molecule has 0 fully saturated rings. The minimum atomic E-state index is -0.893. The number of rotatable bonds is 4. The largest absolute Gasteiger partial charge is 0.478 e. The Morgan fingerprint density at radius 2 is 1.86 bits per heavy atom. The van der Waals surface area contributed by atoms with Crippen LogP contribution in [-0.2, 0) is 0 Å². The first-order chi connectivity index (χ1) is 9.90. The van der Waals surface area contributed by atoms with Crippen molar-refractivity contribution in [3.63, 3.8) is 0 Å². The summed E-state index contributed by atoms with van der Waals surface area (Å²) in [5.41, 5.74) is 5.67. The van der Waals surface area contributed by atoms with E-state index in [1.807, 2.05) is 13.0 Å². The van der Waals surface area contributed by atoms with Crippen molar-refractivity contribution in [2.24, 2.45) is 0 Å². The van der Waals surface area contributed by atoms with Crippen LogP contribution in [0.25, 0.3) is 0 Å². The number of aryl methyl sites for hydroxylation is 2. The fourth-order valence-electron chi connectivity index (χ4n) is 2.65. The third-order valence-electron chi connectivity index (χ3n) is 3.83. The Kier molecular flexibility index (Phi) is 4.32. The molecule has 0 aliphatic heterocycles. The Morgan fingerprint density at radius 3 is 2.48 bits per heavy atom. The molecule has 0 radical (unpaired) electrons. The Balaban J connectivity index is 2.29. The summed E-state index contributed by atoms with van der Waals surface area (Å²) in [5.74, 6) is -0.893. The average Bonchev–Trinajstić information content (AvgIpc) is 2.40. The Morgan fingerprint density at radius 1 is 1.14 bits per heavy atom. The number of benzene rings is 2. The van der Waals surface area contributed by atoms with Crippen molar-refractivity contribution >= 4 is 11.7 Å². The predicted octanol–water partition coefficient (Wildman–Crippen LogP) is 4.48. The highest BCUT2D eigenvalue weighted by atomic mass is 16.4. The second-order valence-electron chi connectivity index (χ2n) is 5.51. The number of carboxylic acids is 1. The fourth-order valence-corrected chi connectivity index (χ4v) is 2.65. The second kappa shape index (κ2) is 6.00.